The van der Waals surface area contributed by atoms with E-state index < -0.39 is 0 Å². The van der Waals surface area contributed by atoms with Gasteiger partial charge in [-0.2, -0.15) is 0 Å². The maximum atomic E-state index is 4.60. The Labute approximate surface area is 121 Å². The van der Waals surface area contributed by atoms with Gasteiger partial charge in [0, 0.05) is 57.2 Å². The topological polar surface area (TPSA) is 44.3 Å². The van der Waals surface area contributed by atoms with Gasteiger partial charge in [-0.15, -0.1) is 0 Å². The average molecular weight is 275 g/mol. The fourth-order valence-corrected chi connectivity index (χ4v) is 3.00. The van der Waals surface area contributed by atoms with Crippen LogP contribution < -0.4 is 5.32 Å². The molecular formula is C15H25N5. The van der Waals surface area contributed by atoms with Gasteiger partial charge in [0.15, 0.2) is 0 Å². The number of nitrogens with one attached hydrogen (secondary N) is 1. The van der Waals surface area contributed by atoms with Gasteiger partial charge in [0.2, 0.25) is 0 Å². The molecule has 1 unspecified atom stereocenters. The molecule has 4 rings (SSSR count). The van der Waals surface area contributed by atoms with E-state index in [1.165, 1.54) is 18.7 Å². The van der Waals surface area contributed by atoms with Crippen LogP contribution in [0.5, 0.6) is 0 Å². The Morgan fingerprint density at radius 1 is 1.20 bits per heavy atom. The molecule has 0 aliphatic carbocycles. The van der Waals surface area contributed by atoms with Gasteiger partial charge in [-0.1, -0.05) is 13.8 Å². The molecule has 20 heavy (non-hydrogen) atoms. The highest BCUT2D eigenvalue weighted by atomic mass is 15.4. The second kappa shape index (κ2) is 6.16. The fourth-order valence-electron chi connectivity index (χ4n) is 3.00. The Balaban J connectivity index is 1.58. The molecule has 0 aromatic carbocycles. The Bertz CT molecular complexity index is 422. The zero-order valence-corrected chi connectivity index (χ0v) is 12.5. The largest absolute Gasteiger partial charge is 0.312 e. The molecule has 1 aromatic heterocycles. The predicted molar refractivity (Wildman–Crippen MR) is 79.3 cm³/mol. The SMILES string of the molecule is CC(C)CNCc1cnc(C2CN3CCN2CC3)nc1. The molecule has 3 fully saturated rings. The maximum Gasteiger partial charge on any atom is 0.146 e. The van der Waals surface area contributed by atoms with E-state index in [0.29, 0.717) is 12.0 Å². The lowest BCUT2D eigenvalue weighted by atomic mass is 10.1. The van der Waals surface area contributed by atoms with Crippen molar-refractivity contribution >= 4 is 0 Å². The van der Waals surface area contributed by atoms with Crippen LogP contribution in [0.2, 0.25) is 0 Å². The molecular weight excluding hydrogens is 250 g/mol. The fraction of sp³-hybridized carbons (Fsp3) is 0.733. The van der Waals surface area contributed by atoms with Crippen molar-refractivity contribution in [3.8, 4) is 0 Å². The minimum absolute atomic E-state index is 0.398. The number of fused-ring (bicyclic) bond motifs is 3. The lowest BCUT2D eigenvalue weighted by Crippen LogP contribution is -2.57. The highest BCUT2D eigenvalue weighted by Gasteiger charge is 2.34. The standard InChI is InChI=1S/C15H25N5/c1-12(2)7-16-8-13-9-17-15(18-10-13)14-11-19-3-5-20(14)6-4-19/h9-10,12,14,16H,3-8,11H2,1-2H3. The van der Waals surface area contributed by atoms with E-state index >= 15 is 0 Å². The van der Waals surface area contributed by atoms with Crippen LogP contribution in [0.1, 0.15) is 31.3 Å². The Morgan fingerprint density at radius 3 is 2.45 bits per heavy atom. The van der Waals surface area contributed by atoms with Crippen molar-refractivity contribution in [3.05, 3.63) is 23.8 Å². The molecule has 5 nitrogen and oxygen atoms in total. The van der Waals surface area contributed by atoms with Gasteiger partial charge in [0.25, 0.3) is 0 Å². The Hall–Kier alpha value is -1.04. The summed E-state index contributed by atoms with van der Waals surface area (Å²) in [6.45, 7) is 12.1. The minimum atomic E-state index is 0.398. The third-order valence-corrected chi connectivity index (χ3v) is 4.18. The lowest BCUT2D eigenvalue weighted by molar-refractivity contribution is 0.00862. The Morgan fingerprint density at radius 2 is 1.90 bits per heavy atom. The molecule has 3 saturated heterocycles. The third-order valence-electron chi connectivity index (χ3n) is 4.18. The first-order chi connectivity index (χ1) is 9.72. The van der Waals surface area contributed by atoms with Crippen LogP contribution in [-0.2, 0) is 6.54 Å². The van der Waals surface area contributed by atoms with Crippen molar-refractivity contribution in [1.82, 2.24) is 25.1 Å². The second-order valence-electron chi connectivity index (χ2n) is 6.33. The molecule has 2 bridgehead atoms. The van der Waals surface area contributed by atoms with Crippen LogP contribution >= 0.6 is 0 Å². The van der Waals surface area contributed by atoms with E-state index in [-0.39, 0.29) is 0 Å². The summed E-state index contributed by atoms with van der Waals surface area (Å²) in [5, 5.41) is 3.43. The van der Waals surface area contributed by atoms with E-state index in [4.69, 9.17) is 0 Å². The second-order valence-corrected chi connectivity index (χ2v) is 6.33. The normalized spacial score (nSPS) is 29.1. The van der Waals surface area contributed by atoms with Crippen molar-refractivity contribution < 1.29 is 0 Å². The van der Waals surface area contributed by atoms with Gasteiger partial charge < -0.3 is 5.32 Å². The first-order valence-corrected chi connectivity index (χ1v) is 7.70. The van der Waals surface area contributed by atoms with E-state index in [1.807, 2.05) is 12.4 Å². The smallest absolute Gasteiger partial charge is 0.146 e. The van der Waals surface area contributed by atoms with E-state index in [2.05, 4.69) is 38.9 Å². The predicted octanol–water partition coefficient (Wildman–Crippen LogP) is 0.895. The van der Waals surface area contributed by atoms with Gasteiger partial charge in [0.05, 0.1) is 6.04 Å². The van der Waals surface area contributed by atoms with Crippen LogP contribution in [0.4, 0.5) is 0 Å². The molecule has 4 heterocycles. The molecule has 0 amide bonds. The molecule has 1 N–H and O–H groups in total. The summed E-state index contributed by atoms with van der Waals surface area (Å²) < 4.78 is 0. The summed E-state index contributed by atoms with van der Waals surface area (Å²) in [4.78, 5) is 14.2. The average Bonchev–Trinajstić information content (AvgIpc) is 2.49. The van der Waals surface area contributed by atoms with E-state index in [0.717, 1.165) is 38.5 Å². The van der Waals surface area contributed by atoms with E-state index in [1.54, 1.807) is 0 Å². The van der Waals surface area contributed by atoms with Crippen LogP contribution in [0.15, 0.2) is 12.4 Å². The van der Waals surface area contributed by atoms with Gasteiger partial charge in [-0.3, -0.25) is 9.80 Å². The van der Waals surface area contributed by atoms with Crippen molar-refractivity contribution in [2.75, 3.05) is 39.3 Å². The third kappa shape index (κ3) is 3.16. The van der Waals surface area contributed by atoms with Gasteiger partial charge in [-0.05, 0) is 12.5 Å². The Kier molecular flexibility index (Phi) is 4.29. The van der Waals surface area contributed by atoms with Gasteiger partial charge in [0.1, 0.15) is 5.82 Å². The molecule has 0 spiro atoms. The monoisotopic (exact) mass is 275 g/mol. The zero-order chi connectivity index (χ0) is 13.9. The zero-order valence-electron chi connectivity index (χ0n) is 12.5. The van der Waals surface area contributed by atoms with Crippen LogP contribution in [0.25, 0.3) is 0 Å². The highest BCUT2D eigenvalue weighted by Crippen LogP contribution is 2.26. The molecule has 0 radical (unpaired) electrons. The highest BCUT2D eigenvalue weighted by molar-refractivity contribution is 5.09. The maximum absolute atomic E-state index is 4.60. The van der Waals surface area contributed by atoms with Crippen molar-refractivity contribution in [2.24, 2.45) is 5.92 Å². The van der Waals surface area contributed by atoms with Gasteiger partial charge >= 0.3 is 0 Å². The quantitative estimate of drug-likeness (QED) is 0.865. The first kappa shape index (κ1) is 13.9. The first-order valence-electron chi connectivity index (χ1n) is 7.70. The van der Waals surface area contributed by atoms with Crippen molar-refractivity contribution in [1.29, 1.82) is 0 Å². The molecule has 5 heteroatoms. The number of rotatable bonds is 5. The summed E-state index contributed by atoms with van der Waals surface area (Å²) >= 11 is 0. The lowest BCUT2D eigenvalue weighted by Gasteiger charge is -2.46. The molecule has 3 aliphatic rings. The summed E-state index contributed by atoms with van der Waals surface area (Å²) in [5.41, 5.74) is 1.17. The number of hydrogen-bond acceptors (Lipinski definition) is 5. The summed E-state index contributed by atoms with van der Waals surface area (Å²) in [6.07, 6.45) is 3.96. The van der Waals surface area contributed by atoms with Crippen molar-refractivity contribution in [3.63, 3.8) is 0 Å². The summed E-state index contributed by atoms with van der Waals surface area (Å²) in [7, 11) is 0. The van der Waals surface area contributed by atoms with Gasteiger partial charge in [-0.25, -0.2) is 9.97 Å². The van der Waals surface area contributed by atoms with Crippen LogP contribution in [-0.4, -0.2) is 59.0 Å². The number of nitrogens with zero attached hydrogens (tertiary/aromatic N) is 4. The molecule has 1 aromatic rings. The summed E-state index contributed by atoms with van der Waals surface area (Å²) in [6, 6.07) is 0.398. The number of piperazine rings is 3. The van der Waals surface area contributed by atoms with Crippen LogP contribution in [0.3, 0.4) is 0 Å². The van der Waals surface area contributed by atoms with Crippen molar-refractivity contribution in [2.45, 2.75) is 26.4 Å². The molecule has 1 atom stereocenters. The molecule has 3 aliphatic heterocycles. The molecule has 0 saturated carbocycles. The minimum Gasteiger partial charge on any atom is -0.312 e. The summed E-state index contributed by atoms with van der Waals surface area (Å²) in [5.74, 6) is 1.66. The van der Waals surface area contributed by atoms with E-state index in [9.17, 15) is 0 Å². The number of hydrogen-bond donors (Lipinski definition) is 1. The molecule has 110 valence electrons. The number of aromatic nitrogens is 2. The van der Waals surface area contributed by atoms with Crippen LogP contribution in [0, 0.1) is 5.92 Å².